The van der Waals surface area contributed by atoms with Gasteiger partial charge < -0.3 is 4.74 Å². The molecule has 1 aliphatic carbocycles. The van der Waals surface area contributed by atoms with Crippen LogP contribution in [0.15, 0.2) is 63.3 Å². The van der Waals surface area contributed by atoms with Gasteiger partial charge in [0.1, 0.15) is 6.54 Å². The summed E-state index contributed by atoms with van der Waals surface area (Å²) in [7, 11) is -7.86. The van der Waals surface area contributed by atoms with Crippen molar-refractivity contribution in [2.24, 2.45) is 0 Å². The molecule has 0 fully saturated rings. The van der Waals surface area contributed by atoms with Crippen molar-refractivity contribution in [2.45, 2.75) is 66.6 Å². The number of rotatable bonds is 8. The van der Waals surface area contributed by atoms with Crippen molar-refractivity contribution < 1.29 is 39.5 Å². The molecule has 0 N–H and O–H groups in total. The topological polar surface area (TPSA) is 116 Å². The van der Waals surface area contributed by atoms with Crippen molar-refractivity contribution in [3.8, 4) is 0 Å². The number of carbonyl (C=O) groups is 1. The second-order valence-corrected chi connectivity index (χ2v) is 13.4. The molecule has 1 aromatic heterocycles. The van der Waals surface area contributed by atoms with E-state index < -0.39 is 53.4 Å². The Morgan fingerprint density at radius 2 is 1.73 bits per heavy atom. The number of hydrogen-bond acceptors (Lipinski definition) is 7. The zero-order valence-corrected chi connectivity index (χ0v) is 23.6. The zero-order valence-electron chi connectivity index (χ0n) is 22.0. The lowest BCUT2D eigenvalue weighted by Gasteiger charge is -2.31. The van der Waals surface area contributed by atoms with Gasteiger partial charge in [-0.2, -0.15) is 22.6 Å². The van der Waals surface area contributed by atoms with E-state index in [0.29, 0.717) is 42.7 Å². The highest BCUT2D eigenvalue weighted by Gasteiger charge is 2.38. The summed E-state index contributed by atoms with van der Waals surface area (Å²) in [5.74, 6) is -0.511. The van der Waals surface area contributed by atoms with Crippen LogP contribution >= 0.6 is 0 Å². The maximum absolute atomic E-state index is 13.8. The van der Waals surface area contributed by atoms with E-state index in [2.05, 4.69) is 5.10 Å². The number of aryl methyl sites for hydroxylation is 1. The number of halogens is 3. The van der Waals surface area contributed by atoms with Crippen LogP contribution in [0.3, 0.4) is 0 Å². The molecule has 0 amide bonds. The SMILES string of the molecule is CCOC(=O)Cn1ncc2c1CCC[C@H]2N(C)S(=O)(=O)c1cc(C(F)(F)F)cc(S(=O)(=O)c2ccc(C)cc2)c1. The Morgan fingerprint density at radius 3 is 2.35 bits per heavy atom. The van der Waals surface area contributed by atoms with Crippen LogP contribution < -0.4 is 0 Å². The van der Waals surface area contributed by atoms with Gasteiger partial charge in [0.25, 0.3) is 0 Å². The second kappa shape index (κ2) is 11.0. The van der Waals surface area contributed by atoms with Gasteiger partial charge in [0.05, 0.1) is 39.1 Å². The molecule has 1 atom stereocenters. The predicted octanol–water partition coefficient (Wildman–Crippen LogP) is 4.30. The number of alkyl halides is 3. The van der Waals surface area contributed by atoms with Crippen LogP contribution in [0.4, 0.5) is 13.2 Å². The first-order chi connectivity index (χ1) is 18.7. The number of sulfone groups is 1. The van der Waals surface area contributed by atoms with Gasteiger partial charge >= 0.3 is 12.1 Å². The van der Waals surface area contributed by atoms with Gasteiger partial charge in [-0.3, -0.25) is 9.48 Å². The van der Waals surface area contributed by atoms with Crippen LogP contribution in [0.1, 0.15) is 48.2 Å². The van der Waals surface area contributed by atoms with Crippen LogP contribution in [0.25, 0.3) is 0 Å². The lowest BCUT2D eigenvalue weighted by atomic mass is 9.93. The number of benzene rings is 2. The van der Waals surface area contributed by atoms with E-state index >= 15 is 0 Å². The van der Waals surface area contributed by atoms with Crippen LogP contribution in [0, 0.1) is 6.92 Å². The molecule has 216 valence electrons. The monoisotopic (exact) mass is 599 g/mol. The first kappa shape index (κ1) is 29.7. The number of aromatic nitrogens is 2. The maximum Gasteiger partial charge on any atom is 0.416 e. The van der Waals surface area contributed by atoms with E-state index in [1.54, 1.807) is 13.8 Å². The summed E-state index contributed by atoms with van der Waals surface area (Å²) in [5, 5.41) is 4.21. The highest BCUT2D eigenvalue weighted by atomic mass is 32.2. The highest BCUT2D eigenvalue weighted by molar-refractivity contribution is 7.91. The minimum absolute atomic E-state index is 0.166. The third-order valence-electron chi connectivity index (χ3n) is 6.78. The molecule has 9 nitrogen and oxygen atoms in total. The molecule has 0 spiro atoms. The van der Waals surface area contributed by atoms with Crippen LogP contribution in [0.5, 0.6) is 0 Å². The van der Waals surface area contributed by atoms with E-state index in [-0.39, 0.29) is 18.0 Å². The zero-order chi connectivity index (χ0) is 29.5. The number of sulfonamides is 1. The Balaban J connectivity index is 1.76. The lowest BCUT2D eigenvalue weighted by molar-refractivity contribution is -0.144. The Kier molecular flexibility index (Phi) is 8.16. The molecule has 3 aromatic rings. The molecule has 2 aromatic carbocycles. The number of carbonyl (C=O) groups excluding carboxylic acids is 1. The molecule has 0 saturated heterocycles. The molecule has 0 unspecified atom stereocenters. The van der Waals surface area contributed by atoms with E-state index in [1.807, 2.05) is 0 Å². The number of esters is 1. The number of ether oxygens (including phenoxy) is 1. The van der Waals surface area contributed by atoms with E-state index in [0.717, 1.165) is 15.9 Å². The number of hydrogen-bond donors (Lipinski definition) is 0. The van der Waals surface area contributed by atoms with Gasteiger partial charge in [-0.15, -0.1) is 0 Å². The summed E-state index contributed by atoms with van der Waals surface area (Å²) in [6, 6.07) is 6.33. The first-order valence-electron chi connectivity index (χ1n) is 12.4. The summed E-state index contributed by atoms with van der Waals surface area (Å²) < 4.78 is 103. The molecule has 0 bridgehead atoms. The van der Waals surface area contributed by atoms with Crippen molar-refractivity contribution in [3.05, 3.63) is 71.0 Å². The quantitative estimate of drug-likeness (QED) is 0.355. The van der Waals surface area contributed by atoms with Crippen LogP contribution in [0.2, 0.25) is 0 Å². The predicted molar refractivity (Wildman–Crippen MR) is 138 cm³/mol. The summed E-state index contributed by atoms with van der Waals surface area (Å²) in [4.78, 5) is 10.1. The molecular weight excluding hydrogens is 571 g/mol. The summed E-state index contributed by atoms with van der Waals surface area (Å²) in [6.45, 7) is 3.40. The van der Waals surface area contributed by atoms with Crippen LogP contribution in [-0.2, 0) is 48.5 Å². The first-order valence-corrected chi connectivity index (χ1v) is 15.3. The number of fused-ring (bicyclic) bond motifs is 1. The fourth-order valence-electron chi connectivity index (χ4n) is 4.66. The second-order valence-electron chi connectivity index (χ2n) is 9.45. The average molecular weight is 600 g/mol. The molecule has 0 aliphatic heterocycles. The largest absolute Gasteiger partial charge is 0.465 e. The summed E-state index contributed by atoms with van der Waals surface area (Å²) >= 11 is 0. The Morgan fingerprint density at radius 1 is 1.07 bits per heavy atom. The lowest BCUT2D eigenvalue weighted by Crippen LogP contribution is -2.34. The third-order valence-corrected chi connectivity index (χ3v) is 10.4. The van der Waals surface area contributed by atoms with Crippen LogP contribution in [-0.4, -0.2) is 50.5 Å². The fourth-order valence-corrected chi connectivity index (χ4v) is 7.51. The van der Waals surface area contributed by atoms with Gasteiger partial charge in [0.2, 0.25) is 19.9 Å². The molecular formula is C26H28F3N3O6S2. The van der Waals surface area contributed by atoms with Gasteiger partial charge in [0, 0.05) is 18.3 Å². The molecule has 14 heteroatoms. The Labute approximate surface area is 230 Å². The average Bonchev–Trinajstić information content (AvgIpc) is 3.30. The smallest absolute Gasteiger partial charge is 0.416 e. The summed E-state index contributed by atoms with van der Waals surface area (Å²) in [6.07, 6.45) is -2.18. The Hall–Kier alpha value is -3.23. The van der Waals surface area contributed by atoms with Crippen molar-refractivity contribution in [1.29, 1.82) is 0 Å². The van der Waals surface area contributed by atoms with Gasteiger partial charge in [-0.05, 0) is 63.4 Å². The standard InChI is InChI=1S/C26H28F3N3O6S2/c1-4-38-25(33)16-32-24-7-5-6-23(22(24)15-30-32)31(3)40(36,37)21-13-18(26(27,28)29)12-20(14-21)39(34,35)19-10-8-17(2)9-11-19/h8-15,23H,4-7,16H2,1-3H3/t23-/m1/s1. The minimum atomic E-state index is -5.01. The van der Waals surface area contributed by atoms with Gasteiger partial charge in [-0.25, -0.2) is 16.8 Å². The highest BCUT2D eigenvalue weighted by Crippen LogP contribution is 2.39. The molecule has 4 rings (SSSR count). The maximum atomic E-state index is 13.8. The summed E-state index contributed by atoms with van der Waals surface area (Å²) in [5.41, 5.74) is 0.476. The van der Waals surface area contributed by atoms with Crippen molar-refractivity contribution in [2.75, 3.05) is 13.7 Å². The van der Waals surface area contributed by atoms with Gasteiger partial charge in [0.15, 0.2) is 0 Å². The Bertz CT molecular complexity index is 1630. The number of nitrogens with zero attached hydrogens (tertiary/aromatic N) is 3. The van der Waals surface area contributed by atoms with E-state index in [4.69, 9.17) is 4.74 Å². The molecule has 1 aliphatic rings. The fraction of sp³-hybridized carbons (Fsp3) is 0.385. The molecule has 40 heavy (non-hydrogen) atoms. The van der Waals surface area contributed by atoms with E-state index in [9.17, 15) is 34.8 Å². The minimum Gasteiger partial charge on any atom is -0.465 e. The molecule has 0 saturated carbocycles. The third kappa shape index (κ3) is 5.79. The van der Waals surface area contributed by atoms with Crippen molar-refractivity contribution in [3.63, 3.8) is 0 Å². The normalized spacial score (nSPS) is 16.1. The van der Waals surface area contributed by atoms with Crippen molar-refractivity contribution in [1.82, 2.24) is 14.1 Å². The van der Waals surface area contributed by atoms with Gasteiger partial charge in [-0.1, -0.05) is 17.7 Å². The molecule has 0 radical (unpaired) electrons. The molecule has 1 heterocycles. The van der Waals surface area contributed by atoms with E-state index in [1.165, 1.54) is 42.2 Å². The van der Waals surface area contributed by atoms with Crippen molar-refractivity contribution >= 4 is 25.8 Å².